The zero-order valence-corrected chi connectivity index (χ0v) is 13.0. The number of alkyl halides is 3. The molecule has 0 spiro atoms. The van der Waals surface area contributed by atoms with Crippen LogP contribution in [0.4, 0.5) is 13.2 Å². The predicted octanol–water partition coefficient (Wildman–Crippen LogP) is 3.16. The van der Waals surface area contributed by atoms with E-state index in [1.165, 1.54) is 20.3 Å². The van der Waals surface area contributed by atoms with E-state index in [4.69, 9.17) is 9.47 Å². The highest BCUT2D eigenvalue weighted by Crippen LogP contribution is 2.34. The monoisotopic (exact) mass is 338 g/mol. The molecule has 0 aliphatic carbocycles. The van der Waals surface area contributed by atoms with Gasteiger partial charge in [0.1, 0.15) is 0 Å². The van der Waals surface area contributed by atoms with Crippen molar-refractivity contribution in [2.24, 2.45) is 0 Å². The summed E-state index contributed by atoms with van der Waals surface area (Å²) in [5.41, 5.74) is 1.24. The van der Waals surface area contributed by atoms with Crippen molar-refractivity contribution in [3.8, 4) is 17.7 Å². The summed E-state index contributed by atoms with van der Waals surface area (Å²) in [4.78, 5) is 11.7. The molecule has 3 rings (SSSR count). The molecule has 0 saturated heterocycles. The van der Waals surface area contributed by atoms with E-state index in [1.54, 1.807) is 25.1 Å². The number of ether oxygens (including phenoxy) is 2. The lowest BCUT2D eigenvalue weighted by atomic mass is 10.2. The fraction of sp³-hybridized carbons (Fsp3) is 0.267. The van der Waals surface area contributed by atoms with Crippen LogP contribution in [-0.4, -0.2) is 33.7 Å². The summed E-state index contributed by atoms with van der Waals surface area (Å²) >= 11 is 0. The molecule has 2 aromatic heterocycles. The highest BCUT2D eigenvalue weighted by molar-refractivity contribution is 5.78. The van der Waals surface area contributed by atoms with E-state index in [0.29, 0.717) is 0 Å². The second-order valence-electron chi connectivity index (χ2n) is 5.01. The number of aromatic nitrogens is 4. The maximum absolute atomic E-state index is 13.4. The quantitative estimate of drug-likeness (QED) is 0.734. The van der Waals surface area contributed by atoms with Crippen LogP contribution < -0.4 is 9.47 Å². The molecule has 0 bridgehead atoms. The highest BCUT2D eigenvalue weighted by atomic mass is 19.4. The molecule has 6 nitrogen and oxygen atoms in total. The van der Waals surface area contributed by atoms with E-state index in [-0.39, 0.29) is 28.7 Å². The Kier molecular flexibility index (Phi) is 3.78. The third kappa shape index (κ3) is 2.72. The van der Waals surface area contributed by atoms with Crippen molar-refractivity contribution in [2.75, 3.05) is 14.2 Å². The predicted molar refractivity (Wildman–Crippen MR) is 79.5 cm³/mol. The molecule has 9 heteroatoms. The molecular formula is C15H13F3N4O2. The van der Waals surface area contributed by atoms with Crippen molar-refractivity contribution >= 4 is 11.0 Å². The second-order valence-corrected chi connectivity index (χ2v) is 5.01. The topological polar surface area (TPSA) is 62.1 Å². The Balaban J connectivity index is 2.36. The van der Waals surface area contributed by atoms with Gasteiger partial charge >= 0.3 is 6.18 Å². The molecule has 0 amide bonds. The Hall–Kier alpha value is -2.84. The Labute approximate surface area is 134 Å². The van der Waals surface area contributed by atoms with E-state index in [2.05, 4.69) is 15.0 Å². The zero-order valence-electron chi connectivity index (χ0n) is 13.0. The Morgan fingerprint density at radius 2 is 1.58 bits per heavy atom. The third-order valence-corrected chi connectivity index (χ3v) is 3.35. The van der Waals surface area contributed by atoms with Gasteiger partial charge in [-0.05, 0) is 24.6 Å². The Morgan fingerprint density at radius 3 is 2.12 bits per heavy atom. The fourth-order valence-electron chi connectivity index (χ4n) is 2.28. The standard InChI is InChI=1S/C15H13F3N4O2/c1-8-4-5-10-9(6-8)19-13(15(16,17)18)22(10)14-20-11(23-2)7-12(21-14)24-3/h4-7H,1-3H3. The van der Waals surface area contributed by atoms with Crippen molar-refractivity contribution in [2.45, 2.75) is 13.1 Å². The molecule has 0 aliphatic rings. The van der Waals surface area contributed by atoms with E-state index in [1.807, 2.05) is 0 Å². The summed E-state index contributed by atoms with van der Waals surface area (Å²) in [6, 6.07) is 6.18. The molecule has 2 heterocycles. The summed E-state index contributed by atoms with van der Waals surface area (Å²) in [6.07, 6.45) is -4.67. The first kappa shape index (κ1) is 16.0. The molecule has 0 fully saturated rings. The van der Waals surface area contributed by atoms with Crippen LogP contribution in [0, 0.1) is 6.92 Å². The number of imidazole rings is 1. The molecule has 0 aliphatic heterocycles. The van der Waals surface area contributed by atoms with Crippen LogP contribution in [0.25, 0.3) is 17.0 Å². The third-order valence-electron chi connectivity index (χ3n) is 3.35. The molecular weight excluding hydrogens is 325 g/mol. The van der Waals surface area contributed by atoms with Crippen LogP contribution in [0.3, 0.4) is 0 Å². The number of hydrogen-bond acceptors (Lipinski definition) is 5. The summed E-state index contributed by atoms with van der Waals surface area (Å²) < 4.78 is 51.2. The minimum atomic E-state index is -4.67. The van der Waals surface area contributed by atoms with Gasteiger partial charge in [-0.1, -0.05) is 6.07 Å². The lowest BCUT2D eigenvalue weighted by Gasteiger charge is -2.11. The molecule has 3 aromatic rings. The van der Waals surface area contributed by atoms with Crippen molar-refractivity contribution in [1.82, 2.24) is 19.5 Å². The van der Waals surface area contributed by atoms with Gasteiger partial charge < -0.3 is 9.47 Å². The number of hydrogen-bond donors (Lipinski definition) is 0. The van der Waals surface area contributed by atoms with Crippen LogP contribution >= 0.6 is 0 Å². The number of rotatable bonds is 3. The second kappa shape index (κ2) is 5.66. The van der Waals surface area contributed by atoms with Gasteiger partial charge in [0.25, 0.3) is 0 Å². The van der Waals surface area contributed by atoms with Crippen LogP contribution in [0.5, 0.6) is 11.8 Å². The van der Waals surface area contributed by atoms with Crippen LogP contribution in [0.15, 0.2) is 24.3 Å². The molecule has 0 saturated carbocycles. The molecule has 0 unspecified atom stereocenters. The number of fused-ring (bicyclic) bond motifs is 1. The molecule has 24 heavy (non-hydrogen) atoms. The lowest BCUT2D eigenvalue weighted by molar-refractivity contribution is -0.145. The van der Waals surface area contributed by atoms with E-state index in [9.17, 15) is 13.2 Å². The van der Waals surface area contributed by atoms with Crippen LogP contribution in [0.2, 0.25) is 0 Å². The van der Waals surface area contributed by atoms with Gasteiger partial charge in [0.05, 0.1) is 31.3 Å². The van der Waals surface area contributed by atoms with Crippen LogP contribution in [0.1, 0.15) is 11.4 Å². The van der Waals surface area contributed by atoms with Gasteiger partial charge in [-0.2, -0.15) is 23.1 Å². The fourth-order valence-corrected chi connectivity index (χ4v) is 2.28. The smallest absolute Gasteiger partial charge is 0.450 e. The Morgan fingerprint density at radius 1 is 0.958 bits per heavy atom. The largest absolute Gasteiger partial charge is 0.481 e. The summed E-state index contributed by atoms with van der Waals surface area (Å²) in [6.45, 7) is 1.77. The van der Waals surface area contributed by atoms with Gasteiger partial charge in [0, 0.05) is 0 Å². The van der Waals surface area contributed by atoms with Gasteiger partial charge in [0.2, 0.25) is 23.5 Å². The van der Waals surface area contributed by atoms with Gasteiger partial charge in [-0.25, -0.2) is 4.98 Å². The zero-order chi connectivity index (χ0) is 17.5. The molecule has 1 aromatic carbocycles. The van der Waals surface area contributed by atoms with Crippen molar-refractivity contribution in [1.29, 1.82) is 0 Å². The summed E-state index contributed by atoms with van der Waals surface area (Å²) in [5.74, 6) is -1.18. The number of halogens is 3. The van der Waals surface area contributed by atoms with Gasteiger partial charge in [-0.3, -0.25) is 4.57 Å². The first-order chi connectivity index (χ1) is 11.3. The summed E-state index contributed by atoms with van der Waals surface area (Å²) in [7, 11) is 2.71. The normalized spacial score (nSPS) is 11.8. The number of methoxy groups -OCH3 is 2. The lowest BCUT2D eigenvalue weighted by Crippen LogP contribution is -2.16. The minimum Gasteiger partial charge on any atom is -0.481 e. The number of benzene rings is 1. The molecule has 0 atom stereocenters. The van der Waals surface area contributed by atoms with Crippen molar-refractivity contribution in [3.05, 3.63) is 35.7 Å². The highest BCUT2D eigenvalue weighted by Gasteiger charge is 2.39. The van der Waals surface area contributed by atoms with Crippen molar-refractivity contribution in [3.63, 3.8) is 0 Å². The minimum absolute atomic E-state index is 0.0823. The SMILES string of the molecule is COc1cc(OC)nc(-n2c(C(F)(F)F)nc3cc(C)ccc32)n1. The van der Waals surface area contributed by atoms with E-state index in [0.717, 1.165) is 10.1 Å². The number of aryl methyl sites for hydroxylation is 1. The molecule has 126 valence electrons. The molecule has 0 N–H and O–H groups in total. The van der Waals surface area contributed by atoms with Crippen LogP contribution in [-0.2, 0) is 6.18 Å². The average Bonchev–Trinajstić information content (AvgIpc) is 2.93. The summed E-state index contributed by atoms with van der Waals surface area (Å²) in [5, 5.41) is 0. The van der Waals surface area contributed by atoms with E-state index >= 15 is 0 Å². The molecule has 0 radical (unpaired) electrons. The van der Waals surface area contributed by atoms with Gasteiger partial charge in [0.15, 0.2) is 0 Å². The Bertz CT molecular complexity index is 883. The first-order valence-electron chi connectivity index (χ1n) is 6.87. The maximum Gasteiger partial charge on any atom is 0.450 e. The number of nitrogens with zero attached hydrogens (tertiary/aromatic N) is 4. The first-order valence-corrected chi connectivity index (χ1v) is 6.87. The maximum atomic E-state index is 13.4. The van der Waals surface area contributed by atoms with Gasteiger partial charge in [-0.15, -0.1) is 0 Å². The average molecular weight is 338 g/mol. The van der Waals surface area contributed by atoms with E-state index < -0.39 is 12.0 Å². The van der Waals surface area contributed by atoms with Crippen molar-refractivity contribution < 1.29 is 22.6 Å².